The largest absolute Gasteiger partial charge is 0.625 e. The van der Waals surface area contributed by atoms with Gasteiger partial charge in [0, 0.05) is 46.3 Å². The molecule has 0 spiro atoms. The number of halogens is 2. The number of fused-ring (bicyclic) bond motifs is 2. The zero-order valence-electron chi connectivity index (χ0n) is 19.1. The summed E-state index contributed by atoms with van der Waals surface area (Å²) in [7, 11) is 0. The Morgan fingerprint density at radius 1 is 1.09 bits per heavy atom. The highest BCUT2D eigenvalue weighted by Crippen LogP contribution is 2.46. The van der Waals surface area contributed by atoms with Gasteiger partial charge >= 0.3 is 5.91 Å². The minimum atomic E-state index is -0.742. The fourth-order valence-electron chi connectivity index (χ4n) is 5.62. The van der Waals surface area contributed by atoms with Gasteiger partial charge in [0.1, 0.15) is 0 Å². The summed E-state index contributed by atoms with van der Waals surface area (Å²) in [5, 5.41) is 13.5. The smallest absolute Gasteiger partial charge is 0.318 e. The van der Waals surface area contributed by atoms with E-state index < -0.39 is 4.65 Å². The molecule has 3 heterocycles. The van der Waals surface area contributed by atoms with E-state index >= 15 is 0 Å². The molecule has 0 N–H and O–H groups in total. The highest BCUT2D eigenvalue weighted by atomic mass is 79.9. The van der Waals surface area contributed by atoms with E-state index in [4.69, 9.17) is 4.98 Å². The molecule has 1 aliphatic carbocycles. The zero-order chi connectivity index (χ0) is 23.9. The summed E-state index contributed by atoms with van der Waals surface area (Å²) in [5.74, 6) is 0.113. The van der Waals surface area contributed by atoms with E-state index in [1.807, 2.05) is 6.20 Å². The van der Waals surface area contributed by atoms with Crippen molar-refractivity contribution in [2.75, 3.05) is 13.1 Å². The predicted molar refractivity (Wildman–Crippen MR) is 139 cm³/mol. The molecule has 1 atom stereocenters. The minimum Gasteiger partial charge on any atom is -0.625 e. The van der Waals surface area contributed by atoms with Crippen molar-refractivity contribution in [1.29, 1.82) is 0 Å². The first-order valence-corrected chi connectivity index (χ1v) is 13.4. The van der Waals surface area contributed by atoms with Crippen LogP contribution in [-0.2, 0) is 24.1 Å². The van der Waals surface area contributed by atoms with Crippen molar-refractivity contribution in [2.24, 2.45) is 5.92 Å². The molecule has 176 valence electrons. The molecule has 34 heavy (non-hydrogen) atoms. The van der Waals surface area contributed by atoms with E-state index in [1.54, 1.807) is 24.5 Å². The molecule has 0 radical (unpaired) electrons. The number of carbonyl (C=O) groups is 1. The molecule has 5 rings (SSSR count). The normalized spacial score (nSPS) is 24.1. The third-order valence-corrected chi connectivity index (χ3v) is 8.44. The Bertz CT molecular complexity index is 1220. The van der Waals surface area contributed by atoms with E-state index in [0.29, 0.717) is 25.9 Å². The van der Waals surface area contributed by atoms with Crippen LogP contribution >= 0.6 is 31.9 Å². The van der Waals surface area contributed by atoms with Crippen molar-refractivity contribution in [3.05, 3.63) is 96.6 Å². The molecule has 1 amide bonds. The van der Waals surface area contributed by atoms with E-state index in [1.165, 1.54) is 22.3 Å². The molecular formula is C27H27Br2N3O2. The van der Waals surface area contributed by atoms with E-state index in [0.717, 1.165) is 33.0 Å². The molecule has 1 unspecified atom stereocenters. The number of hydroxylamine groups is 3. The molecule has 1 aliphatic heterocycles. The lowest BCUT2D eigenvalue weighted by Gasteiger charge is -2.46. The molecule has 1 fully saturated rings. The summed E-state index contributed by atoms with van der Waals surface area (Å²) in [6, 6.07) is 10.3. The van der Waals surface area contributed by atoms with Gasteiger partial charge in [-0.25, -0.2) is 4.79 Å². The number of amides is 1. The molecule has 7 heteroatoms. The number of nitrogens with zero attached hydrogens (tertiary/aromatic N) is 3. The first kappa shape index (κ1) is 23.8. The molecule has 5 nitrogen and oxygen atoms in total. The summed E-state index contributed by atoms with van der Waals surface area (Å²) in [6.07, 6.45) is 8.68. The van der Waals surface area contributed by atoms with Crippen LogP contribution in [0.2, 0.25) is 0 Å². The number of rotatable bonds is 3. The van der Waals surface area contributed by atoms with Crippen LogP contribution in [0.3, 0.4) is 0 Å². The second-order valence-corrected chi connectivity index (χ2v) is 11.4. The van der Waals surface area contributed by atoms with Gasteiger partial charge in [-0.05, 0) is 93.7 Å². The Morgan fingerprint density at radius 2 is 1.79 bits per heavy atom. The van der Waals surface area contributed by atoms with Gasteiger partial charge in [-0.15, -0.1) is 0 Å². The number of aryl methyl sites for hydroxylation is 3. The van der Waals surface area contributed by atoms with Crippen LogP contribution in [0.15, 0.2) is 57.9 Å². The lowest BCUT2D eigenvalue weighted by Crippen LogP contribution is -2.53. The fourth-order valence-corrected chi connectivity index (χ4v) is 6.87. The average Bonchev–Trinajstić information content (AvgIpc) is 2.97. The highest BCUT2D eigenvalue weighted by molar-refractivity contribution is 9.10. The first-order valence-electron chi connectivity index (χ1n) is 11.8. The van der Waals surface area contributed by atoms with Crippen molar-refractivity contribution in [2.45, 2.75) is 44.9 Å². The fraction of sp³-hybridized carbons (Fsp3) is 0.370. The van der Waals surface area contributed by atoms with Gasteiger partial charge < -0.3 is 5.21 Å². The van der Waals surface area contributed by atoms with Crippen molar-refractivity contribution in [1.82, 2.24) is 9.97 Å². The second kappa shape index (κ2) is 9.61. The Kier molecular flexibility index (Phi) is 6.73. The van der Waals surface area contributed by atoms with Crippen molar-refractivity contribution in [3.63, 3.8) is 0 Å². The number of piperidine rings is 1. The van der Waals surface area contributed by atoms with Crippen molar-refractivity contribution >= 4 is 37.8 Å². The molecule has 1 aromatic carbocycles. The standard InChI is InChI=1S/C27H27Br2N3O2/c1-17-12-20-2-3-21-15-22(28)16-31-27(21)26(25(20)23(29)13-17)19-6-10-32(34,11-7-19)24(33)14-18-4-8-30-9-5-18/h4-5,8-9,12-13,15-16,19,26H,2-3,6-7,10-11,14H2,1H3. The Labute approximate surface area is 217 Å². The molecular weight excluding hydrogens is 558 g/mol. The molecule has 0 bridgehead atoms. The summed E-state index contributed by atoms with van der Waals surface area (Å²) in [5.41, 5.74) is 7.13. The summed E-state index contributed by atoms with van der Waals surface area (Å²) >= 11 is 7.46. The lowest BCUT2D eigenvalue weighted by atomic mass is 9.76. The predicted octanol–water partition coefficient (Wildman–Crippen LogP) is 6.03. The third kappa shape index (κ3) is 4.63. The van der Waals surface area contributed by atoms with Crippen LogP contribution in [0, 0.1) is 18.0 Å². The van der Waals surface area contributed by atoms with Crippen molar-refractivity contribution < 1.29 is 9.44 Å². The average molecular weight is 585 g/mol. The van der Waals surface area contributed by atoms with Crippen molar-refractivity contribution in [3.8, 4) is 0 Å². The topological polar surface area (TPSA) is 65.9 Å². The van der Waals surface area contributed by atoms with Crippen LogP contribution in [0.25, 0.3) is 0 Å². The number of pyridine rings is 2. The number of hydrogen-bond acceptors (Lipinski definition) is 4. The SMILES string of the molecule is Cc1cc(Br)c2c(c1)CCc1cc(Br)cnc1C2C1CC[N+]([O-])(C(=O)Cc2ccncc2)CC1. The quantitative estimate of drug-likeness (QED) is 0.278. The van der Waals surface area contributed by atoms with Gasteiger partial charge in [-0.3, -0.25) is 14.6 Å². The van der Waals surface area contributed by atoms with Gasteiger partial charge in [0.2, 0.25) is 0 Å². The number of aromatic nitrogens is 2. The number of hydrogen-bond donors (Lipinski definition) is 0. The van der Waals surface area contributed by atoms with Crippen LogP contribution in [0.1, 0.15) is 52.3 Å². The number of benzene rings is 1. The Hall–Kier alpha value is -1.93. The molecule has 1 saturated heterocycles. The van der Waals surface area contributed by atoms with Gasteiger partial charge in [-0.1, -0.05) is 22.0 Å². The van der Waals surface area contributed by atoms with Crippen LogP contribution in [-0.4, -0.2) is 33.6 Å². The number of likely N-dealkylation sites (tertiary alicyclic amines) is 1. The maximum Gasteiger partial charge on any atom is 0.318 e. The second-order valence-electron chi connectivity index (χ2n) is 9.60. The van der Waals surface area contributed by atoms with Gasteiger partial charge in [0.15, 0.2) is 0 Å². The number of carbonyl (C=O) groups excluding carboxylic acids is 1. The molecule has 2 aromatic heterocycles. The highest BCUT2D eigenvalue weighted by Gasteiger charge is 2.40. The van der Waals surface area contributed by atoms with Gasteiger partial charge in [-0.2, -0.15) is 0 Å². The third-order valence-electron chi connectivity index (χ3n) is 7.35. The Morgan fingerprint density at radius 3 is 2.53 bits per heavy atom. The summed E-state index contributed by atoms with van der Waals surface area (Å²) in [4.78, 5) is 21.9. The first-order chi connectivity index (χ1) is 16.3. The molecule has 0 saturated carbocycles. The zero-order valence-corrected chi connectivity index (χ0v) is 22.3. The lowest BCUT2D eigenvalue weighted by molar-refractivity contribution is -0.811. The van der Waals surface area contributed by atoms with E-state index in [-0.39, 0.29) is 24.2 Å². The van der Waals surface area contributed by atoms with Crippen LogP contribution < -0.4 is 0 Å². The number of quaternary nitrogens is 1. The van der Waals surface area contributed by atoms with E-state index in [2.05, 4.69) is 62.0 Å². The summed E-state index contributed by atoms with van der Waals surface area (Å²) in [6.45, 7) is 2.76. The van der Waals surface area contributed by atoms with Crippen LogP contribution in [0.4, 0.5) is 0 Å². The minimum absolute atomic E-state index is 0.111. The van der Waals surface area contributed by atoms with Crippen LogP contribution in [0.5, 0.6) is 0 Å². The maximum absolute atomic E-state index is 13.5. The molecule has 2 aliphatic rings. The van der Waals surface area contributed by atoms with Gasteiger partial charge in [0.05, 0.1) is 25.2 Å². The van der Waals surface area contributed by atoms with E-state index in [9.17, 15) is 10.0 Å². The maximum atomic E-state index is 13.5. The van der Waals surface area contributed by atoms with Gasteiger partial charge in [0.25, 0.3) is 0 Å². The molecule has 3 aromatic rings. The monoisotopic (exact) mass is 583 g/mol. The summed E-state index contributed by atoms with van der Waals surface area (Å²) < 4.78 is 1.37. The Balaban J connectivity index is 1.45.